The van der Waals surface area contributed by atoms with Crippen LogP contribution in [0.5, 0.6) is 0 Å². The van der Waals surface area contributed by atoms with E-state index in [1.165, 1.54) is 12.1 Å². The fourth-order valence-corrected chi connectivity index (χ4v) is 2.57. The van der Waals surface area contributed by atoms with Crippen molar-refractivity contribution in [2.24, 2.45) is 12.5 Å². The molecule has 1 aromatic carbocycles. The summed E-state index contributed by atoms with van der Waals surface area (Å²) in [5.74, 6) is 0.367. The van der Waals surface area contributed by atoms with Crippen molar-refractivity contribution in [3.63, 3.8) is 0 Å². The standard InChI is InChI=1S/C17H24FN5O/c1-11(15-22-19-10-23(15)5)20-16(24)21-14(17(2,3)4)12-6-8-13(18)9-7-12/h6-11,14H,1-5H3,(H2,20,21,24). The maximum atomic E-state index is 13.2. The molecule has 0 fully saturated rings. The van der Waals surface area contributed by atoms with Crippen LogP contribution in [0.25, 0.3) is 0 Å². The molecule has 2 atom stereocenters. The Hall–Kier alpha value is -2.44. The maximum absolute atomic E-state index is 13.2. The van der Waals surface area contributed by atoms with Crippen LogP contribution in [0.4, 0.5) is 9.18 Å². The molecule has 0 saturated heterocycles. The number of aryl methyl sites for hydroxylation is 1. The van der Waals surface area contributed by atoms with Crippen molar-refractivity contribution in [3.8, 4) is 0 Å². The predicted molar refractivity (Wildman–Crippen MR) is 89.7 cm³/mol. The minimum Gasteiger partial charge on any atom is -0.331 e. The van der Waals surface area contributed by atoms with Crippen molar-refractivity contribution in [2.45, 2.75) is 39.8 Å². The second kappa shape index (κ2) is 6.98. The molecule has 2 amide bonds. The molecule has 0 bridgehead atoms. The summed E-state index contributed by atoms with van der Waals surface area (Å²) in [5.41, 5.74) is 0.619. The summed E-state index contributed by atoms with van der Waals surface area (Å²) >= 11 is 0. The van der Waals surface area contributed by atoms with E-state index in [0.29, 0.717) is 5.82 Å². The van der Waals surface area contributed by atoms with Gasteiger partial charge in [-0.3, -0.25) is 0 Å². The highest BCUT2D eigenvalue weighted by atomic mass is 19.1. The average molecular weight is 333 g/mol. The van der Waals surface area contributed by atoms with Gasteiger partial charge in [0.05, 0.1) is 12.1 Å². The molecule has 0 spiro atoms. The fraction of sp³-hybridized carbons (Fsp3) is 0.471. The van der Waals surface area contributed by atoms with Crippen molar-refractivity contribution >= 4 is 6.03 Å². The summed E-state index contributed by atoms with van der Waals surface area (Å²) in [6.45, 7) is 7.90. The lowest BCUT2D eigenvalue weighted by molar-refractivity contribution is 0.215. The van der Waals surface area contributed by atoms with Crippen LogP contribution in [0.15, 0.2) is 30.6 Å². The van der Waals surface area contributed by atoms with Gasteiger partial charge in [-0.05, 0) is 30.0 Å². The third kappa shape index (κ3) is 4.31. The molecule has 0 aliphatic heterocycles. The Balaban J connectivity index is 2.10. The molecule has 2 aromatic rings. The number of hydrogen-bond donors (Lipinski definition) is 2. The highest BCUT2D eigenvalue weighted by molar-refractivity contribution is 5.75. The lowest BCUT2D eigenvalue weighted by atomic mass is 9.82. The number of carbonyl (C=O) groups is 1. The van der Waals surface area contributed by atoms with Crippen LogP contribution in [-0.4, -0.2) is 20.8 Å². The molecule has 0 saturated carbocycles. The summed E-state index contributed by atoms with van der Waals surface area (Å²) in [5, 5.41) is 13.6. The summed E-state index contributed by atoms with van der Waals surface area (Å²) in [4.78, 5) is 12.4. The first-order valence-electron chi connectivity index (χ1n) is 7.85. The fourth-order valence-electron chi connectivity index (χ4n) is 2.57. The number of urea groups is 1. The Labute approximate surface area is 141 Å². The first kappa shape index (κ1) is 17.9. The Morgan fingerprint density at radius 3 is 2.33 bits per heavy atom. The zero-order chi connectivity index (χ0) is 17.9. The second-order valence-corrected chi connectivity index (χ2v) is 6.99. The summed E-state index contributed by atoms with van der Waals surface area (Å²) in [7, 11) is 1.82. The summed E-state index contributed by atoms with van der Waals surface area (Å²) in [6, 6.07) is 5.33. The van der Waals surface area contributed by atoms with E-state index in [9.17, 15) is 9.18 Å². The second-order valence-electron chi connectivity index (χ2n) is 6.99. The number of carbonyl (C=O) groups excluding carboxylic acids is 1. The van der Waals surface area contributed by atoms with Gasteiger partial charge in [0, 0.05) is 7.05 Å². The van der Waals surface area contributed by atoms with E-state index in [-0.39, 0.29) is 29.3 Å². The van der Waals surface area contributed by atoms with Crippen LogP contribution in [0.2, 0.25) is 0 Å². The van der Waals surface area contributed by atoms with E-state index >= 15 is 0 Å². The average Bonchev–Trinajstić information content (AvgIpc) is 2.91. The highest BCUT2D eigenvalue weighted by Crippen LogP contribution is 2.32. The Bertz CT molecular complexity index is 690. The predicted octanol–water partition coefficient (Wildman–Crippen LogP) is 3.10. The monoisotopic (exact) mass is 333 g/mol. The van der Waals surface area contributed by atoms with Crippen LogP contribution in [-0.2, 0) is 7.05 Å². The van der Waals surface area contributed by atoms with Gasteiger partial charge in [0.1, 0.15) is 12.1 Å². The quantitative estimate of drug-likeness (QED) is 0.903. The van der Waals surface area contributed by atoms with Crippen LogP contribution >= 0.6 is 0 Å². The molecule has 1 aromatic heterocycles. The highest BCUT2D eigenvalue weighted by Gasteiger charge is 2.28. The molecule has 1 heterocycles. The number of nitrogens with one attached hydrogen (secondary N) is 2. The topological polar surface area (TPSA) is 71.8 Å². The number of benzene rings is 1. The smallest absolute Gasteiger partial charge is 0.315 e. The first-order chi connectivity index (χ1) is 11.2. The van der Waals surface area contributed by atoms with Crippen molar-refractivity contribution in [2.75, 3.05) is 0 Å². The number of hydrogen-bond acceptors (Lipinski definition) is 3. The van der Waals surface area contributed by atoms with E-state index in [2.05, 4.69) is 20.8 Å². The molecule has 0 aliphatic rings. The number of halogens is 1. The number of rotatable bonds is 4. The van der Waals surface area contributed by atoms with Gasteiger partial charge in [-0.15, -0.1) is 10.2 Å². The molecule has 0 radical (unpaired) electrons. The summed E-state index contributed by atoms with van der Waals surface area (Å²) in [6.07, 6.45) is 1.59. The normalized spacial score (nSPS) is 14.1. The Morgan fingerprint density at radius 2 is 1.83 bits per heavy atom. The van der Waals surface area contributed by atoms with Crippen LogP contribution in [0, 0.1) is 11.2 Å². The molecular formula is C17H24FN5O. The largest absolute Gasteiger partial charge is 0.331 e. The lowest BCUT2D eigenvalue weighted by Crippen LogP contribution is -2.43. The first-order valence-corrected chi connectivity index (χ1v) is 7.85. The van der Waals surface area contributed by atoms with Gasteiger partial charge in [0.25, 0.3) is 0 Å². The van der Waals surface area contributed by atoms with Gasteiger partial charge in [0.2, 0.25) is 0 Å². The zero-order valence-electron chi connectivity index (χ0n) is 14.7. The maximum Gasteiger partial charge on any atom is 0.315 e. The van der Waals surface area contributed by atoms with Crippen molar-refractivity contribution in [1.29, 1.82) is 0 Å². The van der Waals surface area contributed by atoms with E-state index in [1.807, 2.05) is 34.7 Å². The molecule has 0 aliphatic carbocycles. The molecule has 2 N–H and O–H groups in total. The number of nitrogens with zero attached hydrogens (tertiary/aromatic N) is 3. The van der Waals surface area contributed by atoms with Crippen molar-refractivity contribution < 1.29 is 9.18 Å². The van der Waals surface area contributed by atoms with Gasteiger partial charge in [-0.25, -0.2) is 9.18 Å². The molecule has 2 rings (SSSR count). The minimum absolute atomic E-state index is 0.233. The zero-order valence-corrected chi connectivity index (χ0v) is 14.7. The molecule has 7 heteroatoms. The third-order valence-corrected chi connectivity index (χ3v) is 3.83. The van der Waals surface area contributed by atoms with Gasteiger partial charge >= 0.3 is 6.03 Å². The summed E-state index contributed by atoms with van der Waals surface area (Å²) < 4.78 is 14.9. The number of aromatic nitrogens is 3. The van der Waals surface area contributed by atoms with E-state index in [4.69, 9.17) is 0 Å². The van der Waals surface area contributed by atoms with E-state index in [0.717, 1.165) is 5.56 Å². The van der Waals surface area contributed by atoms with Crippen molar-refractivity contribution in [1.82, 2.24) is 25.4 Å². The molecular weight excluding hydrogens is 309 g/mol. The van der Waals surface area contributed by atoms with Gasteiger partial charge in [-0.1, -0.05) is 32.9 Å². The Kier molecular flexibility index (Phi) is 5.21. The van der Waals surface area contributed by atoms with Crippen LogP contribution in [0.3, 0.4) is 0 Å². The Morgan fingerprint density at radius 1 is 1.21 bits per heavy atom. The van der Waals surface area contributed by atoms with Gasteiger partial charge < -0.3 is 15.2 Å². The van der Waals surface area contributed by atoms with Gasteiger partial charge in [-0.2, -0.15) is 0 Å². The molecule has 2 unspecified atom stereocenters. The van der Waals surface area contributed by atoms with Gasteiger partial charge in [0.15, 0.2) is 5.82 Å². The molecule has 24 heavy (non-hydrogen) atoms. The van der Waals surface area contributed by atoms with E-state index in [1.54, 1.807) is 23.0 Å². The van der Waals surface area contributed by atoms with Crippen LogP contribution in [0.1, 0.15) is 51.2 Å². The SMILES string of the molecule is CC(NC(=O)NC(c1ccc(F)cc1)C(C)(C)C)c1nncn1C. The van der Waals surface area contributed by atoms with Crippen molar-refractivity contribution in [3.05, 3.63) is 47.8 Å². The van der Waals surface area contributed by atoms with E-state index < -0.39 is 0 Å². The van der Waals surface area contributed by atoms with Crippen LogP contribution < -0.4 is 10.6 Å². The molecule has 6 nitrogen and oxygen atoms in total. The lowest BCUT2D eigenvalue weighted by Gasteiger charge is -2.32. The minimum atomic E-state index is -0.310. The third-order valence-electron chi connectivity index (χ3n) is 3.83. The molecule has 130 valence electrons. The number of amides is 2.